The molecule has 4 nitrogen and oxygen atoms in total. The summed E-state index contributed by atoms with van der Waals surface area (Å²) in [6.07, 6.45) is 1.64. The van der Waals surface area contributed by atoms with Crippen LogP contribution in [0.2, 0.25) is 10.0 Å². The fourth-order valence-electron chi connectivity index (χ4n) is 1.50. The Bertz CT molecular complexity index is 585. The van der Waals surface area contributed by atoms with Crippen molar-refractivity contribution in [3.8, 4) is 5.75 Å². The number of thioether (sulfide) groups is 1. The van der Waals surface area contributed by atoms with Crippen LogP contribution in [0.5, 0.6) is 5.75 Å². The van der Waals surface area contributed by atoms with Gasteiger partial charge in [-0.1, -0.05) is 23.2 Å². The van der Waals surface area contributed by atoms with E-state index < -0.39 is 0 Å². The van der Waals surface area contributed by atoms with E-state index in [0.717, 1.165) is 11.8 Å². The number of rotatable bonds is 2. The second-order valence-corrected chi connectivity index (χ2v) is 5.37. The zero-order valence-corrected chi connectivity index (χ0v) is 11.6. The lowest BCUT2D eigenvalue weighted by Crippen LogP contribution is -2.75. The molecular formula is C11H9Cl2N2O2S+. The van der Waals surface area contributed by atoms with E-state index in [9.17, 15) is 4.79 Å². The minimum absolute atomic E-state index is 0.254. The SMILES string of the molecule is COc1c(Cl)cc(Cl)cc1C=C1SC(N)=[NH+]C1=O. The van der Waals surface area contributed by atoms with Crippen LogP contribution >= 0.6 is 35.0 Å². The Balaban J connectivity index is 2.47. The smallest absolute Gasteiger partial charge is 0.346 e. The van der Waals surface area contributed by atoms with Crippen molar-refractivity contribution in [2.45, 2.75) is 0 Å². The lowest BCUT2D eigenvalue weighted by molar-refractivity contribution is -0.367. The van der Waals surface area contributed by atoms with Crippen LogP contribution in [0, 0.1) is 0 Å². The number of ether oxygens (including phenoxy) is 1. The summed E-state index contributed by atoms with van der Waals surface area (Å²) in [6, 6.07) is 3.24. The number of benzene rings is 1. The highest BCUT2D eigenvalue weighted by molar-refractivity contribution is 8.18. The topological polar surface area (TPSA) is 66.3 Å². The van der Waals surface area contributed by atoms with E-state index >= 15 is 0 Å². The largest absolute Gasteiger partial charge is 0.495 e. The zero-order chi connectivity index (χ0) is 13.3. The molecule has 0 atom stereocenters. The van der Waals surface area contributed by atoms with Crippen LogP contribution in [-0.2, 0) is 4.79 Å². The summed E-state index contributed by atoms with van der Waals surface area (Å²) < 4.78 is 5.19. The minimum Gasteiger partial charge on any atom is -0.495 e. The molecule has 1 aliphatic rings. The van der Waals surface area contributed by atoms with Crippen LogP contribution in [0.4, 0.5) is 0 Å². The highest BCUT2D eigenvalue weighted by Gasteiger charge is 2.25. The van der Waals surface area contributed by atoms with Gasteiger partial charge in [0.2, 0.25) is 0 Å². The van der Waals surface area contributed by atoms with Crippen molar-refractivity contribution in [1.29, 1.82) is 0 Å². The van der Waals surface area contributed by atoms with E-state index in [4.69, 9.17) is 33.7 Å². The second-order valence-electron chi connectivity index (χ2n) is 3.44. The van der Waals surface area contributed by atoms with E-state index in [1.807, 2.05) is 0 Å². The van der Waals surface area contributed by atoms with Crippen LogP contribution in [-0.4, -0.2) is 18.2 Å². The van der Waals surface area contributed by atoms with Crippen molar-refractivity contribution in [2.75, 3.05) is 7.11 Å². The van der Waals surface area contributed by atoms with Gasteiger partial charge in [0.1, 0.15) is 10.7 Å². The number of amides is 1. The Morgan fingerprint density at radius 1 is 1.44 bits per heavy atom. The molecule has 0 radical (unpaired) electrons. The van der Waals surface area contributed by atoms with E-state index in [0.29, 0.717) is 31.4 Å². The summed E-state index contributed by atoms with van der Waals surface area (Å²) in [7, 11) is 1.50. The van der Waals surface area contributed by atoms with Crippen molar-refractivity contribution in [3.05, 3.63) is 32.6 Å². The average molecular weight is 304 g/mol. The van der Waals surface area contributed by atoms with Gasteiger partial charge >= 0.3 is 11.1 Å². The zero-order valence-electron chi connectivity index (χ0n) is 9.29. The second kappa shape index (κ2) is 5.22. The van der Waals surface area contributed by atoms with Crippen LogP contribution in [0.15, 0.2) is 17.0 Å². The quantitative estimate of drug-likeness (QED) is 0.800. The third-order valence-corrected chi connectivity index (χ3v) is 3.55. The molecule has 1 amide bonds. The number of carbonyl (C=O) groups excluding carboxylic acids is 1. The number of nitrogens with one attached hydrogen (secondary N) is 1. The molecule has 3 N–H and O–H groups in total. The first-order chi connectivity index (χ1) is 8.51. The number of halogens is 2. The Morgan fingerprint density at radius 3 is 2.72 bits per heavy atom. The molecule has 0 fully saturated rings. The molecule has 18 heavy (non-hydrogen) atoms. The molecular weight excluding hydrogens is 295 g/mol. The van der Waals surface area contributed by atoms with E-state index in [2.05, 4.69) is 4.99 Å². The summed E-state index contributed by atoms with van der Waals surface area (Å²) >= 11 is 13.1. The van der Waals surface area contributed by atoms with Gasteiger partial charge in [-0.2, -0.15) is 4.99 Å². The highest BCUT2D eigenvalue weighted by atomic mass is 35.5. The molecule has 7 heteroatoms. The van der Waals surface area contributed by atoms with Crippen molar-refractivity contribution in [2.24, 2.45) is 5.73 Å². The number of hydrogen-bond acceptors (Lipinski definition) is 4. The van der Waals surface area contributed by atoms with Gasteiger partial charge in [-0.05, 0) is 18.2 Å². The molecule has 2 rings (SSSR count). The molecule has 0 spiro atoms. The lowest BCUT2D eigenvalue weighted by atomic mass is 10.2. The highest BCUT2D eigenvalue weighted by Crippen LogP contribution is 2.34. The first-order valence-corrected chi connectivity index (χ1v) is 6.45. The third-order valence-electron chi connectivity index (χ3n) is 2.21. The third kappa shape index (κ3) is 2.63. The Morgan fingerprint density at radius 2 is 2.17 bits per heavy atom. The maximum absolute atomic E-state index is 11.6. The van der Waals surface area contributed by atoms with Gasteiger partial charge in [0.05, 0.1) is 12.1 Å². The Kier molecular flexibility index (Phi) is 3.85. The number of hydrogen-bond donors (Lipinski definition) is 2. The summed E-state index contributed by atoms with van der Waals surface area (Å²) in [6.45, 7) is 0. The molecule has 0 saturated carbocycles. The Labute approximate surface area is 118 Å². The number of amidine groups is 1. The maximum atomic E-state index is 11.6. The van der Waals surface area contributed by atoms with Crippen LogP contribution < -0.4 is 15.5 Å². The molecule has 94 valence electrons. The van der Waals surface area contributed by atoms with E-state index in [1.165, 1.54) is 7.11 Å². The average Bonchev–Trinajstić information content (AvgIpc) is 2.57. The van der Waals surface area contributed by atoms with Gasteiger partial charge in [0, 0.05) is 22.3 Å². The summed E-state index contributed by atoms with van der Waals surface area (Å²) in [5, 5.41) is 1.20. The van der Waals surface area contributed by atoms with Gasteiger partial charge in [0.25, 0.3) is 0 Å². The number of methoxy groups -OCH3 is 1. The van der Waals surface area contributed by atoms with Gasteiger partial charge in [-0.15, -0.1) is 0 Å². The van der Waals surface area contributed by atoms with Crippen LogP contribution in [0.25, 0.3) is 6.08 Å². The van der Waals surface area contributed by atoms with Crippen molar-refractivity contribution in [1.82, 2.24) is 0 Å². The van der Waals surface area contributed by atoms with Gasteiger partial charge < -0.3 is 4.74 Å². The monoisotopic (exact) mass is 303 g/mol. The predicted molar refractivity (Wildman–Crippen MR) is 73.7 cm³/mol. The van der Waals surface area contributed by atoms with E-state index in [-0.39, 0.29) is 5.91 Å². The summed E-state index contributed by atoms with van der Waals surface area (Å²) in [5.41, 5.74) is 6.15. The van der Waals surface area contributed by atoms with Crippen molar-refractivity contribution in [3.63, 3.8) is 0 Å². The minimum atomic E-state index is -0.254. The lowest BCUT2D eigenvalue weighted by Gasteiger charge is -2.08. The van der Waals surface area contributed by atoms with Crippen molar-refractivity contribution < 1.29 is 14.5 Å². The fourth-order valence-corrected chi connectivity index (χ4v) is 2.80. The molecule has 1 aliphatic heterocycles. The molecule has 0 bridgehead atoms. The molecule has 1 heterocycles. The summed E-state index contributed by atoms with van der Waals surface area (Å²) in [5.74, 6) is 0.211. The molecule has 0 aliphatic carbocycles. The standard InChI is InChI=1S/C11H8Cl2N2O2S/c1-17-9-5(2-6(12)4-7(9)13)3-8-10(16)15-11(14)18-8/h2-4H,1H3,(H2,14,15,16)/p+1. The normalized spacial score (nSPS) is 17.2. The van der Waals surface area contributed by atoms with Gasteiger partial charge in [-0.3, -0.25) is 5.73 Å². The van der Waals surface area contributed by atoms with Gasteiger partial charge in [-0.25, -0.2) is 4.79 Å². The molecule has 1 aromatic rings. The van der Waals surface area contributed by atoms with Crippen LogP contribution in [0.3, 0.4) is 0 Å². The first kappa shape index (κ1) is 13.3. The predicted octanol–water partition coefficient (Wildman–Crippen LogP) is 1.01. The molecule has 0 saturated heterocycles. The fraction of sp³-hybridized carbons (Fsp3) is 0.0909. The summed E-state index contributed by atoms with van der Waals surface area (Å²) in [4.78, 5) is 14.5. The first-order valence-electron chi connectivity index (χ1n) is 4.87. The van der Waals surface area contributed by atoms with Crippen molar-refractivity contribution >= 4 is 52.1 Å². The molecule has 0 unspecified atom stereocenters. The maximum Gasteiger partial charge on any atom is 0.346 e. The van der Waals surface area contributed by atoms with E-state index in [1.54, 1.807) is 18.2 Å². The number of nitrogens with two attached hydrogens (primary N) is 1. The van der Waals surface area contributed by atoms with Crippen LogP contribution in [0.1, 0.15) is 5.56 Å². The molecule has 0 aromatic heterocycles. The molecule has 1 aromatic carbocycles. The Hall–Kier alpha value is -1.17. The number of carbonyl (C=O) groups is 1. The van der Waals surface area contributed by atoms with Gasteiger partial charge in [0.15, 0.2) is 0 Å².